The second kappa shape index (κ2) is 17.2. The first-order chi connectivity index (χ1) is 23.6. The van der Waals surface area contributed by atoms with Crippen molar-refractivity contribution in [3.8, 4) is 11.8 Å². The molecule has 4 nitrogen and oxygen atoms in total. The zero-order valence-corrected chi connectivity index (χ0v) is 31.5. The standard InChI is InChI=1S/C38H28N2OSi.C2H3N.2BrH.Cr/c41-38-34(27-40-35-24-12-15-28-16-13-25-39-37(28)35)33-23-11-10-14-29(33)26-36(38)42(30-17-4-1-5-18-30,31-19-6-2-7-20-31)32-21-8-3-9-22-32;1-2-3;;;/h1-27,41H;1H3;2*1H;/q;;;;+2/p-2. The summed E-state index contributed by atoms with van der Waals surface area (Å²) in [6, 6.07) is 54.1. The van der Waals surface area contributed by atoms with Crippen LogP contribution in [0.25, 0.3) is 21.7 Å². The van der Waals surface area contributed by atoms with Crippen LogP contribution >= 0.6 is 28.1 Å². The number of fused-ring (bicyclic) bond motifs is 2. The van der Waals surface area contributed by atoms with Gasteiger partial charge in [-0.25, -0.2) is 0 Å². The van der Waals surface area contributed by atoms with Gasteiger partial charge in [-0.3, -0.25) is 9.98 Å². The molecule has 1 aromatic heterocycles. The number of phenolic OH excluding ortho intramolecular Hbond substituents is 1. The van der Waals surface area contributed by atoms with Gasteiger partial charge in [0, 0.05) is 30.3 Å². The van der Waals surface area contributed by atoms with Gasteiger partial charge in [-0.15, -0.1) is 0 Å². The van der Waals surface area contributed by atoms with Gasteiger partial charge in [0.25, 0.3) is 0 Å². The number of pyridine rings is 1. The van der Waals surface area contributed by atoms with Crippen molar-refractivity contribution in [2.24, 2.45) is 4.99 Å². The van der Waals surface area contributed by atoms with Crippen molar-refractivity contribution < 1.29 is 16.7 Å². The van der Waals surface area contributed by atoms with Crippen molar-refractivity contribution in [2.45, 2.75) is 6.92 Å². The zero-order chi connectivity index (χ0) is 33.8. The number of aromatic hydroxyl groups is 1. The van der Waals surface area contributed by atoms with Crippen LogP contribution in [-0.2, 0) is 11.6 Å². The number of phenols is 1. The summed E-state index contributed by atoms with van der Waals surface area (Å²) in [5.41, 5.74) is 2.30. The van der Waals surface area contributed by atoms with Crippen LogP contribution in [0.3, 0.4) is 0 Å². The van der Waals surface area contributed by atoms with Gasteiger partial charge < -0.3 is 5.11 Å². The summed E-state index contributed by atoms with van der Waals surface area (Å²) < 4.78 is 0. The molecule has 0 unspecified atom stereocenters. The van der Waals surface area contributed by atoms with E-state index in [0.29, 0.717) is 17.1 Å². The molecular weight excluding hydrogens is 778 g/mol. The molecule has 8 heteroatoms. The topological polar surface area (TPSA) is 69.3 Å². The zero-order valence-electron chi connectivity index (χ0n) is 26.0. The van der Waals surface area contributed by atoms with E-state index >= 15 is 0 Å². The Morgan fingerprint density at radius 1 is 0.708 bits per heavy atom. The van der Waals surface area contributed by atoms with Gasteiger partial charge in [0.05, 0.1) is 17.3 Å². The summed E-state index contributed by atoms with van der Waals surface area (Å²) in [7, 11) is -2.97. The van der Waals surface area contributed by atoms with E-state index in [4.69, 9.17) is 10.3 Å². The monoisotopic (exact) mass is 807 g/mol. The fourth-order valence-electron chi connectivity index (χ4n) is 6.14. The predicted molar refractivity (Wildman–Crippen MR) is 207 cm³/mol. The molecule has 7 rings (SSSR count). The normalized spacial score (nSPS) is 10.9. The first kappa shape index (κ1) is 35.0. The second-order valence-corrected chi connectivity index (χ2v) is 20.9. The summed E-state index contributed by atoms with van der Waals surface area (Å²) in [4.78, 5) is 9.51. The average Bonchev–Trinajstić information content (AvgIpc) is 3.14. The Hall–Kier alpha value is -4.34. The van der Waals surface area contributed by atoms with E-state index in [1.54, 1.807) is 12.3 Å². The Kier molecular flexibility index (Phi) is 12.5. The molecule has 1 heterocycles. The van der Waals surface area contributed by atoms with Crippen molar-refractivity contribution in [1.29, 1.82) is 5.26 Å². The van der Waals surface area contributed by atoms with Crippen molar-refractivity contribution in [3.05, 3.63) is 163 Å². The third kappa shape index (κ3) is 7.37. The molecule has 7 aromatic rings. The van der Waals surface area contributed by atoms with Gasteiger partial charge in [-0.1, -0.05) is 140 Å². The van der Waals surface area contributed by atoms with Crippen molar-refractivity contribution in [2.75, 3.05) is 0 Å². The molecule has 6 aromatic carbocycles. The molecule has 236 valence electrons. The van der Waals surface area contributed by atoms with Crippen molar-refractivity contribution >= 4 is 90.5 Å². The molecule has 0 spiro atoms. The van der Waals surface area contributed by atoms with E-state index in [2.05, 4.69) is 148 Å². The van der Waals surface area contributed by atoms with Gasteiger partial charge in [0.2, 0.25) is 0 Å². The van der Waals surface area contributed by atoms with Crippen molar-refractivity contribution in [1.82, 2.24) is 4.98 Å². The van der Waals surface area contributed by atoms with E-state index in [1.807, 2.05) is 42.6 Å². The van der Waals surface area contributed by atoms with Crippen LogP contribution in [0.2, 0.25) is 0 Å². The van der Waals surface area contributed by atoms with E-state index in [1.165, 1.54) is 22.5 Å². The molecule has 1 N–H and O–H groups in total. The first-order valence-corrected chi connectivity index (χ1v) is 23.4. The summed E-state index contributed by atoms with van der Waals surface area (Å²) in [5.74, 6) is 0.258. The number of hydrogen-bond donors (Lipinski definition) is 1. The number of nitrogens with zero attached hydrogens (tertiary/aromatic N) is 3. The Morgan fingerprint density at radius 3 is 1.75 bits per heavy atom. The Bertz CT molecular complexity index is 2080. The summed E-state index contributed by atoms with van der Waals surface area (Å²) in [5, 5.41) is 27.3. The number of para-hydroxylation sites is 1. The van der Waals surface area contributed by atoms with Crippen LogP contribution in [-0.4, -0.2) is 24.4 Å². The van der Waals surface area contributed by atoms with Crippen molar-refractivity contribution in [3.63, 3.8) is 0 Å². The van der Waals surface area contributed by atoms with Gasteiger partial charge in [0.1, 0.15) is 5.75 Å². The second-order valence-electron chi connectivity index (χ2n) is 10.6. The summed E-state index contributed by atoms with van der Waals surface area (Å²) in [6.07, 6.45) is 3.60. The number of nitriles is 1. The number of aromatic nitrogens is 1. The molecule has 0 amide bonds. The van der Waals surface area contributed by atoms with Crippen LogP contribution in [0, 0.1) is 11.3 Å². The average molecular weight is 810 g/mol. The molecule has 0 aliphatic rings. The van der Waals surface area contributed by atoms with Gasteiger partial charge in [0.15, 0.2) is 8.07 Å². The number of benzene rings is 6. The summed E-state index contributed by atoms with van der Waals surface area (Å²) >= 11 is 6.75. The minimum atomic E-state index is -2.97. The molecule has 0 aliphatic carbocycles. The Balaban J connectivity index is 0.000000701. The van der Waals surface area contributed by atoms with E-state index in [9.17, 15) is 5.11 Å². The SMILES string of the molecule is CC#N.Oc1c([Si](c2ccccc2)(c2ccccc2)c2ccccc2)cc2ccccc2c1C=Nc1cccc2cccnc12.[Br][Cr][Br]. The number of halogens is 2. The molecule has 0 saturated carbocycles. The fourth-order valence-corrected chi connectivity index (χ4v) is 11.0. The molecule has 0 aliphatic heterocycles. The van der Waals surface area contributed by atoms with Crippen LogP contribution < -0.4 is 20.7 Å². The van der Waals surface area contributed by atoms with Crippen LogP contribution in [0.1, 0.15) is 12.5 Å². The third-order valence-corrected chi connectivity index (χ3v) is 12.8. The van der Waals surface area contributed by atoms with E-state index < -0.39 is 8.07 Å². The molecule has 0 atom stereocenters. The van der Waals surface area contributed by atoms with Gasteiger partial charge >= 0.3 is 39.7 Å². The quantitative estimate of drug-likeness (QED) is 0.104. The summed E-state index contributed by atoms with van der Waals surface area (Å²) in [6.45, 7) is 1.43. The number of hydrogen-bond acceptors (Lipinski definition) is 4. The first-order valence-electron chi connectivity index (χ1n) is 15.1. The maximum atomic E-state index is 12.4. The predicted octanol–water partition coefficient (Wildman–Crippen LogP) is 8.44. The fraction of sp³-hybridized carbons (Fsp3) is 0.0250. The third-order valence-electron chi connectivity index (χ3n) is 8.03. The molecule has 0 radical (unpaired) electrons. The number of aliphatic imine (C=N–C) groups is 1. The molecule has 48 heavy (non-hydrogen) atoms. The van der Waals surface area contributed by atoms with E-state index in [0.717, 1.165) is 32.5 Å². The molecule has 0 fully saturated rings. The maximum absolute atomic E-state index is 12.4. The van der Waals surface area contributed by atoms with Gasteiger partial charge in [-0.2, -0.15) is 5.26 Å². The van der Waals surface area contributed by atoms with Crippen LogP contribution in [0.15, 0.2) is 163 Å². The van der Waals surface area contributed by atoms with E-state index in [-0.39, 0.29) is 5.75 Å². The Labute approximate surface area is 302 Å². The van der Waals surface area contributed by atoms with Crippen LogP contribution in [0.4, 0.5) is 5.69 Å². The molecule has 0 bridgehead atoms. The Morgan fingerprint density at radius 2 is 1.19 bits per heavy atom. The van der Waals surface area contributed by atoms with Gasteiger partial charge in [-0.05, 0) is 43.7 Å². The minimum absolute atomic E-state index is 0.258. The molecule has 0 saturated heterocycles. The van der Waals surface area contributed by atoms with Crippen LogP contribution in [0.5, 0.6) is 5.75 Å². The molecular formula is C40H31Br2CrN3OSi. The number of rotatable bonds is 6.